The van der Waals surface area contributed by atoms with Gasteiger partial charge in [0.05, 0.1) is 0 Å². The highest BCUT2D eigenvalue weighted by Crippen LogP contribution is 2.17. The van der Waals surface area contributed by atoms with Crippen molar-refractivity contribution in [1.82, 2.24) is 10.2 Å². The van der Waals surface area contributed by atoms with E-state index in [1.165, 1.54) is 51.5 Å². The summed E-state index contributed by atoms with van der Waals surface area (Å²) >= 11 is 0. The van der Waals surface area contributed by atoms with Gasteiger partial charge in [0, 0.05) is 24.8 Å². The number of hydrogen-bond acceptors (Lipinski definition) is 3. The lowest BCUT2D eigenvalue weighted by Crippen LogP contribution is -2.36. The molecule has 3 nitrogen and oxygen atoms in total. The lowest BCUT2D eigenvalue weighted by molar-refractivity contribution is 0.110. The van der Waals surface area contributed by atoms with Gasteiger partial charge in [-0.15, -0.1) is 0 Å². The number of rotatable bonds is 10. The molecule has 1 heterocycles. The van der Waals surface area contributed by atoms with Crippen molar-refractivity contribution >= 4 is 0 Å². The molecule has 0 bridgehead atoms. The summed E-state index contributed by atoms with van der Waals surface area (Å²) in [6.07, 6.45) is 9.06. The topological polar surface area (TPSA) is 24.5 Å². The molecule has 1 fully saturated rings. The van der Waals surface area contributed by atoms with E-state index < -0.39 is 0 Å². The van der Waals surface area contributed by atoms with E-state index in [1.54, 1.807) is 0 Å². The summed E-state index contributed by atoms with van der Waals surface area (Å²) < 4.78 is 5.76. The molecule has 1 unspecified atom stereocenters. The van der Waals surface area contributed by atoms with Crippen LogP contribution in [-0.4, -0.2) is 49.8 Å². The van der Waals surface area contributed by atoms with Gasteiger partial charge in [-0.2, -0.15) is 0 Å². The molecule has 0 spiro atoms. The van der Waals surface area contributed by atoms with Crippen molar-refractivity contribution < 1.29 is 4.74 Å². The Kier molecular flexibility index (Phi) is 8.74. The second-order valence-corrected chi connectivity index (χ2v) is 7.27. The van der Waals surface area contributed by atoms with Crippen LogP contribution in [0.25, 0.3) is 0 Å². The summed E-state index contributed by atoms with van der Waals surface area (Å²) in [7, 11) is 2.24. The van der Waals surface area contributed by atoms with E-state index in [1.807, 2.05) is 0 Å². The molecule has 0 aromatic heterocycles. The van der Waals surface area contributed by atoms with Crippen LogP contribution in [0.2, 0.25) is 0 Å². The number of ether oxygens (including phenoxy) is 1. The average Bonchev–Trinajstić information content (AvgIpc) is 2.76. The van der Waals surface area contributed by atoms with Crippen LogP contribution in [0.3, 0.4) is 0 Å². The third kappa shape index (κ3) is 8.93. The fourth-order valence-corrected chi connectivity index (χ4v) is 2.81. The average molecular weight is 284 g/mol. The first kappa shape index (κ1) is 17.9. The van der Waals surface area contributed by atoms with E-state index in [-0.39, 0.29) is 5.54 Å². The Labute approximate surface area is 126 Å². The summed E-state index contributed by atoms with van der Waals surface area (Å²) in [5, 5.41) is 3.53. The zero-order valence-electron chi connectivity index (χ0n) is 14.2. The highest BCUT2D eigenvalue weighted by atomic mass is 16.5. The molecule has 0 radical (unpaired) electrons. The Balaban J connectivity index is 1.79. The molecule has 3 heteroatoms. The van der Waals surface area contributed by atoms with Gasteiger partial charge < -0.3 is 15.0 Å². The van der Waals surface area contributed by atoms with Gasteiger partial charge in [-0.25, -0.2) is 0 Å². The van der Waals surface area contributed by atoms with Crippen LogP contribution in [0.4, 0.5) is 0 Å². The zero-order chi connectivity index (χ0) is 14.8. The van der Waals surface area contributed by atoms with E-state index in [4.69, 9.17) is 4.74 Å². The second kappa shape index (κ2) is 9.75. The van der Waals surface area contributed by atoms with E-state index in [2.05, 4.69) is 38.0 Å². The molecular weight excluding hydrogens is 248 g/mol. The smallest absolute Gasteiger partial charge is 0.0480 e. The number of nitrogens with one attached hydrogen (secondary N) is 1. The molecule has 1 aliphatic heterocycles. The second-order valence-electron chi connectivity index (χ2n) is 7.27. The molecule has 1 aliphatic rings. The van der Waals surface area contributed by atoms with Crippen molar-refractivity contribution in [3.05, 3.63) is 0 Å². The fraction of sp³-hybridized carbons (Fsp3) is 1.00. The summed E-state index contributed by atoms with van der Waals surface area (Å²) in [5.41, 5.74) is 0.260. The van der Waals surface area contributed by atoms with E-state index in [9.17, 15) is 0 Å². The fourth-order valence-electron chi connectivity index (χ4n) is 2.81. The van der Waals surface area contributed by atoms with Gasteiger partial charge in [0.1, 0.15) is 0 Å². The van der Waals surface area contributed by atoms with Gasteiger partial charge in [0.2, 0.25) is 0 Å². The molecule has 0 aliphatic carbocycles. The molecule has 0 aromatic rings. The summed E-state index contributed by atoms with van der Waals surface area (Å²) in [6, 6.07) is 0.776. The standard InChI is InChI=1S/C17H36N2O/c1-17(2,3)18-12-7-5-6-8-14-20-15-11-16-10-9-13-19(16)4/h16,18H,5-15H2,1-4H3. The zero-order valence-corrected chi connectivity index (χ0v) is 14.2. The van der Waals surface area contributed by atoms with Crippen LogP contribution in [0.1, 0.15) is 65.7 Å². The molecule has 0 saturated carbocycles. The molecule has 0 aromatic carbocycles. The molecule has 120 valence electrons. The molecule has 0 amide bonds. The predicted molar refractivity (Wildman–Crippen MR) is 87.3 cm³/mol. The van der Waals surface area contributed by atoms with Gasteiger partial charge in [0.15, 0.2) is 0 Å². The van der Waals surface area contributed by atoms with Crippen molar-refractivity contribution in [3.8, 4) is 0 Å². The highest BCUT2D eigenvalue weighted by molar-refractivity contribution is 4.75. The summed E-state index contributed by atoms with van der Waals surface area (Å²) in [5.74, 6) is 0. The first-order valence-electron chi connectivity index (χ1n) is 8.52. The van der Waals surface area contributed by atoms with Gasteiger partial charge >= 0.3 is 0 Å². The summed E-state index contributed by atoms with van der Waals surface area (Å²) in [6.45, 7) is 11.0. The largest absolute Gasteiger partial charge is 0.381 e. The van der Waals surface area contributed by atoms with E-state index in [0.717, 1.165) is 25.8 Å². The first-order valence-corrected chi connectivity index (χ1v) is 8.52. The monoisotopic (exact) mass is 284 g/mol. The van der Waals surface area contributed by atoms with E-state index >= 15 is 0 Å². The minimum Gasteiger partial charge on any atom is -0.381 e. The maximum Gasteiger partial charge on any atom is 0.0480 e. The van der Waals surface area contributed by atoms with E-state index in [0.29, 0.717) is 0 Å². The molecule has 1 rings (SSSR count). The van der Waals surface area contributed by atoms with Crippen LogP contribution in [0, 0.1) is 0 Å². The highest BCUT2D eigenvalue weighted by Gasteiger charge is 2.19. The molecular formula is C17H36N2O. The summed E-state index contributed by atoms with van der Waals surface area (Å²) in [4.78, 5) is 2.48. The van der Waals surface area contributed by atoms with Crippen molar-refractivity contribution in [1.29, 1.82) is 0 Å². The molecule has 1 saturated heterocycles. The SMILES string of the molecule is CN1CCCC1CCOCCCCCCNC(C)(C)C. The van der Waals surface area contributed by atoms with Crippen LogP contribution in [0.5, 0.6) is 0 Å². The normalized spacial score (nSPS) is 20.7. The number of unbranched alkanes of at least 4 members (excludes halogenated alkanes) is 3. The van der Waals surface area contributed by atoms with Crippen LogP contribution in [-0.2, 0) is 4.74 Å². The number of nitrogens with zero attached hydrogens (tertiary/aromatic N) is 1. The molecule has 20 heavy (non-hydrogen) atoms. The Morgan fingerprint density at radius 3 is 2.50 bits per heavy atom. The van der Waals surface area contributed by atoms with Crippen LogP contribution >= 0.6 is 0 Å². The Hall–Kier alpha value is -0.120. The van der Waals surface area contributed by atoms with Gasteiger partial charge in [-0.3, -0.25) is 0 Å². The quantitative estimate of drug-likeness (QED) is 0.622. The van der Waals surface area contributed by atoms with Crippen molar-refractivity contribution in [2.24, 2.45) is 0 Å². The Morgan fingerprint density at radius 2 is 1.85 bits per heavy atom. The molecule has 1 N–H and O–H groups in total. The van der Waals surface area contributed by atoms with Gasteiger partial charge in [0.25, 0.3) is 0 Å². The first-order chi connectivity index (χ1) is 9.49. The third-order valence-corrected chi connectivity index (χ3v) is 4.14. The van der Waals surface area contributed by atoms with Crippen LogP contribution < -0.4 is 5.32 Å². The minimum atomic E-state index is 0.260. The third-order valence-electron chi connectivity index (χ3n) is 4.14. The predicted octanol–water partition coefficient (Wildman–Crippen LogP) is 3.44. The maximum atomic E-state index is 5.76. The minimum absolute atomic E-state index is 0.260. The maximum absolute atomic E-state index is 5.76. The Bertz CT molecular complexity index is 238. The molecule has 1 atom stereocenters. The number of likely N-dealkylation sites (tertiary alicyclic amines) is 1. The van der Waals surface area contributed by atoms with Gasteiger partial charge in [-0.05, 0) is 73.0 Å². The van der Waals surface area contributed by atoms with Crippen molar-refractivity contribution in [3.63, 3.8) is 0 Å². The van der Waals surface area contributed by atoms with Crippen LogP contribution in [0.15, 0.2) is 0 Å². The Morgan fingerprint density at radius 1 is 1.10 bits per heavy atom. The number of hydrogen-bond donors (Lipinski definition) is 1. The van der Waals surface area contributed by atoms with Crippen molar-refractivity contribution in [2.75, 3.05) is 33.4 Å². The lowest BCUT2D eigenvalue weighted by Gasteiger charge is -2.20. The lowest BCUT2D eigenvalue weighted by atomic mass is 10.1. The van der Waals surface area contributed by atoms with Gasteiger partial charge in [-0.1, -0.05) is 12.8 Å². The van der Waals surface area contributed by atoms with Crippen molar-refractivity contribution in [2.45, 2.75) is 77.3 Å².